The Balaban J connectivity index is 1.82. The zero-order valence-electron chi connectivity index (χ0n) is 15.0. The van der Waals surface area contributed by atoms with Gasteiger partial charge < -0.3 is 9.88 Å². The number of anilines is 1. The maximum absolute atomic E-state index is 12.6. The van der Waals surface area contributed by atoms with E-state index in [1.165, 1.54) is 35.0 Å². The highest BCUT2D eigenvalue weighted by Gasteiger charge is 2.10. The van der Waals surface area contributed by atoms with Crippen LogP contribution in [0.1, 0.15) is 15.9 Å². The van der Waals surface area contributed by atoms with Crippen LogP contribution >= 0.6 is 11.8 Å². The zero-order chi connectivity index (χ0) is 20.1. The number of hydrogen-bond acceptors (Lipinski definition) is 5. The Labute approximate surface area is 165 Å². The second kappa shape index (κ2) is 8.53. The standard InChI is InChI=1S/C20H17N3O4S/c1-28-18-7-3-5-16(11-18)21-20(25)15-8-9-19(24)22(13-15)12-14-4-2-6-17(10-14)23(26)27/h2-11,13H,12H2,1H3,(H,21,25). The molecule has 0 aliphatic heterocycles. The van der Waals surface area contributed by atoms with Crippen LogP contribution in [-0.4, -0.2) is 21.7 Å². The Bertz CT molecular complexity index is 1090. The summed E-state index contributed by atoms with van der Waals surface area (Å²) >= 11 is 1.57. The van der Waals surface area contributed by atoms with Gasteiger partial charge in [-0.3, -0.25) is 19.7 Å². The zero-order valence-corrected chi connectivity index (χ0v) is 15.8. The molecule has 0 spiro atoms. The highest BCUT2D eigenvalue weighted by Crippen LogP contribution is 2.19. The SMILES string of the molecule is CSc1cccc(NC(=O)c2ccc(=O)n(Cc3cccc([N+](=O)[O-])c3)c2)c1. The van der Waals surface area contributed by atoms with Gasteiger partial charge in [-0.25, -0.2) is 0 Å². The molecular formula is C20H17N3O4S. The molecule has 0 bridgehead atoms. The summed E-state index contributed by atoms with van der Waals surface area (Å²) in [6, 6.07) is 16.3. The van der Waals surface area contributed by atoms with Crippen molar-refractivity contribution in [2.45, 2.75) is 11.4 Å². The van der Waals surface area contributed by atoms with Crippen LogP contribution in [0.4, 0.5) is 11.4 Å². The number of nitrogens with one attached hydrogen (secondary N) is 1. The molecule has 0 saturated carbocycles. The van der Waals surface area contributed by atoms with Crippen molar-refractivity contribution in [3.05, 3.63) is 98.5 Å². The second-order valence-corrected chi connectivity index (χ2v) is 6.88. The molecule has 0 aliphatic rings. The van der Waals surface area contributed by atoms with Gasteiger partial charge in [-0.05, 0) is 36.1 Å². The molecule has 0 fully saturated rings. The van der Waals surface area contributed by atoms with E-state index >= 15 is 0 Å². The van der Waals surface area contributed by atoms with Crippen molar-refractivity contribution in [1.29, 1.82) is 0 Å². The topological polar surface area (TPSA) is 94.2 Å². The minimum atomic E-state index is -0.487. The lowest BCUT2D eigenvalue weighted by molar-refractivity contribution is -0.384. The Hall–Kier alpha value is -3.39. The van der Waals surface area contributed by atoms with E-state index in [1.54, 1.807) is 30.0 Å². The molecule has 2 aromatic carbocycles. The molecule has 0 unspecified atom stereocenters. The third kappa shape index (κ3) is 4.66. The molecule has 1 amide bonds. The number of carbonyl (C=O) groups excluding carboxylic acids is 1. The van der Waals surface area contributed by atoms with Crippen LogP contribution in [-0.2, 0) is 6.54 Å². The maximum Gasteiger partial charge on any atom is 0.269 e. The second-order valence-electron chi connectivity index (χ2n) is 6.00. The smallest absolute Gasteiger partial charge is 0.269 e. The summed E-state index contributed by atoms with van der Waals surface area (Å²) < 4.78 is 1.35. The first-order valence-corrected chi connectivity index (χ1v) is 9.58. The van der Waals surface area contributed by atoms with Gasteiger partial charge in [-0.15, -0.1) is 11.8 Å². The van der Waals surface area contributed by atoms with E-state index in [4.69, 9.17) is 0 Å². The summed E-state index contributed by atoms with van der Waals surface area (Å²) in [5.41, 5.74) is 1.23. The van der Waals surface area contributed by atoms with E-state index in [1.807, 2.05) is 24.5 Å². The number of carbonyl (C=O) groups is 1. The van der Waals surface area contributed by atoms with Gasteiger partial charge in [0.05, 0.1) is 17.0 Å². The van der Waals surface area contributed by atoms with Crippen molar-refractivity contribution >= 4 is 29.0 Å². The molecule has 142 valence electrons. The summed E-state index contributed by atoms with van der Waals surface area (Å²) in [5, 5.41) is 13.7. The van der Waals surface area contributed by atoms with Crippen molar-refractivity contribution in [1.82, 2.24) is 4.57 Å². The summed E-state index contributed by atoms with van der Waals surface area (Å²) in [6.45, 7) is 0.129. The number of aromatic nitrogens is 1. The van der Waals surface area contributed by atoms with Gasteiger partial charge in [0.25, 0.3) is 17.2 Å². The van der Waals surface area contributed by atoms with E-state index in [-0.39, 0.29) is 23.7 Å². The van der Waals surface area contributed by atoms with Gasteiger partial charge in [0.1, 0.15) is 0 Å². The minimum Gasteiger partial charge on any atom is -0.322 e. The average Bonchev–Trinajstić information content (AvgIpc) is 2.70. The van der Waals surface area contributed by atoms with Crippen LogP contribution < -0.4 is 10.9 Å². The van der Waals surface area contributed by atoms with Crippen molar-refractivity contribution in [2.24, 2.45) is 0 Å². The Morgan fingerprint density at radius 1 is 1.14 bits per heavy atom. The Morgan fingerprint density at radius 2 is 1.93 bits per heavy atom. The number of rotatable bonds is 6. The minimum absolute atomic E-state index is 0.0480. The molecule has 3 aromatic rings. The van der Waals surface area contributed by atoms with Crippen molar-refractivity contribution in [3.8, 4) is 0 Å². The first-order chi connectivity index (χ1) is 13.5. The molecule has 0 aliphatic carbocycles. The fraction of sp³-hybridized carbons (Fsp3) is 0.100. The monoisotopic (exact) mass is 395 g/mol. The van der Waals surface area contributed by atoms with Gasteiger partial charge in [0.15, 0.2) is 0 Å². The molecule has 0 saturated heterocycles. The van der Waals surface area contributed by atoms with Crippen molar-refractivity contribution in [3.63, 3.8) is 0 Å². The highest BCUT2D eigenvalue weighted by molar-refractivity contribution is 7.98. The normalized spacial score (nSPS) is 10.5. The average molecular weight is 395 g/mol. The lowest BCUT2D eigenvalue weighted by atomic mass is 10.2. The molecule has 3 rings (SSSR count). The fourth-order valence-electron chi connectivity index (χ4n) is 2.66. The first kappa shape index (κ1) is 19.4. The molecule has 0 atom stereocenters. The number of nitrogens with zero attached hydrogens (tertiary/aromatic N) is 2. The fourth-order valence-corrected chi connectivity index (χ4v) is 3.12. The summed E-state index contributed by atoms with van der Waals surface area (Å²) in [4.78, 5) is 36.2. The molecule has 1 N–H and O–H groups in total. The molecule has 8 heteroatoms. The number of amides is 1. The van der Waals surface area contributed by atoms with Gasteiger partial charge in [0.2, 0.25) is 0 Å². The largest absolute Gasteiger partial charge is 0.322 e. The van der Waals surface area contributed by atoms with Crippen LogP contribution in [0.5, 0.6) is 0 Å². The third-order valence-electron chi connectivity index (χ3n) is 4.05. The molecule has 1 heterocycles. The lowest BCUT2D eigenvalue weighted by Crippen LogP contribution is -2.22. The predicted molar refractivity (Wildman–Crippen MR) is 109 cm³/mol. The van der Waals surface area contributed by atoms with Gasteiger partial charge in [-0.2, -0.15) is 0 Å². The van der Waals surface area contributed by atoms with E-state index in [0.29, 0.717) is 16.8 Å². The third-order valence-corrected chi connectivity index (χ3v) is 4.77. The number of benzene rings is 2. The summed E-state index contributed by atoms with van der Waals surface area (Å²) in [7, 11) is 0. The Kier molecular flexibility index (Phi) is 5.90. The van der Waals surface area contributed by atoms with Crippen LogP contribution in [0, 0.1) is 10.1 Å². The van der Waals surface area contributed by atoms with E-state index < -0.39 is 4.92 Å². The van der Waals surface area contributed by atoms with E-state index in [2.05, 4.69) is 5.32 Å². The van der Waals surface area contributed by atoms with Crippen LogP contribution in [0.2, 0.25) is 0 Å². The molecule has 0 radical (unpaired) electrons. The number of nitro benzene ring substituents is 1. The number of nitro groups is 1. The molecule has 1 aromatic heterocycles. The Morgan fingerprint density at radius 3 is 2.68 bits per heavy atom. The lowest BCUT2D eigenvalue weighted by Gasteiger charge is -2.10. The van der Waals surface area contributed by atoms with Crippen molar-refractivity contribution < 1.29 is 9.72 Å². The predicted octanol–water partition coefficient (Wildman–Crippen LogP) is 3.78. The number of non-ortho nitro benzene ring substituents is 1. The number of pyridine rings is 1. The first-order valence-electron chi connectivity index (χ1n) is 8.35. The van der Waals surface area contributed by atoms with Gasteiger partial charge >= 0.3 is 0 Å². The van der Waals surface area contributed by atoms with Gasteiger partial charge in [0, 0.05) is 35.0 Å². The van der Waals surface area contributed by atoms with Crippen LogP contribution in [0.3, 0.4) is 0 Å². The molecule has 7 nitrogen and oxygen atoms in total. The maximum atomic E-state index is 12.6. The van der Waals surface area contributed by atoms with E-state index in [9.17, 15) is 19.7 Å². The molecular weight excluding hydrogens is 378 g/mol. The molecule has 28 heavy (non-hydrogen) atoms. The summed E-state index contributed by atoms with van der Waals surface area (Å²) in [5.74, 6) is -0.342. The van der Waals surface area contributed by atoms with Crippen LogP contribution in [0.15, 0.2) is 76.6 Å². The number of thioether (sulfide) groups is 1. The van der Waals surface area contributed by atoms with Crippen molar-refractivity contribution in [2.75, 3.05) is 11.6 Å². The van der Waals surface area contributed by atoms with Crippen LogP contribution in [0.25, 0.3) is 0 Å². The quantitative estimate of drug-likeness (QED) is 0.389. The highest BCUT2D eigenvalue weighted by atomic mass is 32.2. The van der Waals surface area contributed by atoms with E-state index in [0.717, 1.165) is 4.90 Å². The number of hydrogen-bond donors (Lipinski definition) is 1. The van der Waals surface area contributed by atoms with Gasteiger partial charge in [-0.1, -0.05) is 18.2 Å². The summed E-state index contributed by atoms with van der Waals surface area (Å²) in [6.07, 6.45) is 3.40.